The van der Waals surface area contributed by atoms with Crippen molar-refractivity contribution < 1.29 is 4.79 Å². The van der Waals surface area contributed by atoms with Crippen LogP contribution in [0.5, 0.6) is 0 Å². The van der Waals surface area contributed by atoms with Crippen molar-refractivity contribution in [1.29, 1.82) is 0 Å². The summed E-state index contributed by atoms with van der Waals surface area (Å²) in [4.78, 5) is 10.6. The number of anilines is 1. The summed E-state index contributed by atoms with van der Waals surface area (Å²) >= 11 is 1.98. The molecule has 0 aliphatic rings. The molecule has 0 saturated carbocycles. The second-order valence-electron chi connectivity index (χ2n) is 7.61. The molecule has 0 amide bonds. The molecule has 0 heterocycles. The zero-order valence-electron chi connectivity index (χ0n) is 17.5. The lowest BCUT2D eigenvalue weighted by atomic mass is 10.0. The van der Waals surface area contributed by atoms with Crippen LogP contribution in [0.4, 0.5) is 5.69 Å². The minimum Gasteiger partial charge on any atom is -0.385 e. The van der Waals surface area contributed by atoms with Gasteiger partial charge in [-0.2, -0.15) is 11.8 Å². The van der Waals surface area contributed by atoms with E-state index in [1.54, 1.807) is 0 Å². The van der Waals surface area contributed by atoms with Crippen molar-refractivity contribution in [3.63, 3.8) is 0 Å². The first-order chi connectivity index (χ1) is 13.4. The van der Waals surface area contributed by atoms with E-state index in [4.69, 9.17) is 0 Å². The van der Waals surface area contributed by atoms with Crippen molar-refractivity contribution in [3.05, 3.63) is 29.8 Å². The monoisotopic (exact) mass is 391 g/mol. The smallest absolute Gasteiger partial charge is 0.150 e. The topological polar surface area (TPSA) is 29.1 Å². The van der Waals surface area contributed by atoms with Crippen LogP contribution in [0.1, 0.15) is 100 Å². The van der Waals surface area contributed by atoms with E-state index in [0.717, 1.165) is 24.1 Å². The van der Waals surface area contributed by atoms with Crippen molar-refractivity contribution in [3.8, 4) is 0 Å². The zero-order chi connectivity index (χ0) is 19.4. The minimum absolute atomic E-state index is 0.738. The van der Waals surface area contributed by atoms with Crippen LogP contribution in [-0.4, -0.2) is 24.8 Å². The molecule has 27 heavy (non-hydrogen) atoms. The summed E-state index contributed by atoms with van der Waals surface area (Å²) in [5.74, 6) is 1.34. The third kappa shape index (κ3) is 14.7. The van der Waals surface area contributed by atoms with Gasteiger partial charge < -0.3 is 5.32 Å². The summed E-state index contributed by atoms with van der Waals surface area (Å²) in [6.45, 7) is 1.03. The van der Waals surface area contributed by atoms with E-state index < -0.39 is 0 Å². The fourth-order valence-electron chi connectivity index (χ4n) is 3.40. The van der Waals surface area contributed by atoms with Gasteiger partial charge in [-0.3, -0.25) is 4.79 Å². The molecule has 0 aliphatic carbocycles. The van der Waals surface area contributed by atoms with Gasteiger partial charge in [-0.1, -0.05) is 77.0 Å². The molecule has 0 aromatic heterocycles. The summed E-state index contributed by atoms with van der Waals surface area (Å²) in [6.07, 6.45) is 22.7. The normalized spacial score (nSPS) is 10.9. The molecule has 1 rings (SSSR count). The average Bonchev–Trinajstić information content (AvgIpc) is 2.70. The van der Waals surface area contributed by atoms with Gasteiger partial charge in [0.2, 0.25) is 0 Å². The van der Waals surface area contributed by atoms with Gasteiger partial charge in [0.25, 0.3) is 0 Å². The number of benzene rings is 1. The number of hydrogen-bond acceptors (Lipinski definition) is 3. The first-order valence-corrected chi connectivity index (χ1v) is 12.5. The zero-order valence-corrected chi connectivity index (χ0v) is 18.3. The molecule has 1 aromatic rings. The number of carbonyl (C=O) groups is 1. The molecule has 1 N–H and O–H groups in total. The Morgan fingerprint density at radius 1 is 0.704 bits per heavy atom. The van der Waals surface area contributed by atoms with Crippen molar-refractivity contribution in [1.82, 2.24) is 0 Å². The van der Waals surface area contributed by atoms with Crippen LogP contribution >= 0.6 is 11.8 Å². The number of unbranched alkanes of at least 4 members (excludes halogenated alkanes) is 13. The molecule has 0 spiro atoms. The van der Waals surface area contributed by atoms with Gasteiger partial charge in [-0.25, -0.2) is 0 Å². The maximum Gasteiger partial charge on any atom is 0.150 e. The summed E-state index contributed by atoms with van der Waals surface area (Å²) in [5.41, 5.74) is 1.85. The number of nitrogens with one attached hydrogen (secondary N) is 1. The fraction of sp³-hybridized carbons (Fsp3) is 0.708. The van der Waals surface area contributed by atoms with Gasteiger partial charge in [0, 0.05) is 17.8 Å². The van der Waals surface area contributed by atoms with Crippen LogP contribution < -0.4 is 5.32 Å². The maximum absolute atomic E-state index is 10.6. The highest BCUT2D eigenvalue weighted by atomic mass is 32.2. The first kappa shape index (κ1) is 24.1. The largest absolute Gasteiger partial charge is 0.385 e. The number of aldehydes is 1. The van der Waals surface area contributed by atoms with Crippen LogP contribution in [0.3, 0.4) is 0 Å². The molecular formula is C24H41NOS. The van der Waals surface area contributed by atoms with Crippen LogP contribution in [0.2, 0.25) is 0 Å². The number of rotatable bonds is 19. The van der Waals surface area contributed by atoms with Crippen LogP contribution in [0.15, 0.2) is 24.3 Å². The highest BCUT2D eigenvalue weighted by Gasteiger charge is 1.96. The summed E-state index contributed by atoms with van der Waals surface area (Å²) in [7, 11) is 0. The molecule has 154 valence electrons. The van der Waals surface area contributed by atoms with Gasteiger partial charge in [-0.05, 0) is 49.1 Å². The Bertz CT molecular complexity index is 446. The molecule has 0 unspecified atom stereocenters. The Labute approximate surface area is 172 Å². The van der Waals surface area contributed by atoms with Gasteiger partial charge in [0.05, 0.1) is 0 Å². The molecular weight excluding hydrogens is 350 g/mol. The molecule has 3 heteroatoms. The lowest BCUT2D eigenvalue weighted by Gasteiger charge is -2.06. The summed E-state index contributed by atoms with van der Waals surface area (Å²) in [6, 6.07) is 7.69. The molecule has 0 bridgehead atoms. The van der Waals surface area contributed by atoms with E-state index in [-0.39, 0.29) is 0 Å². The second kappa shape index (κ2) is 18.4. The van der Waals surface area contributed by atoms with Crippen LogP contribution in [0, 0.1) is 0 Å². The standard InChI is InChI=1S/C24H41NOS/c1-27-21-15-13-11-9-7-5-3-2-4-6-8-10-12-14-20-25-24-18-16-23(22-26)17-19-24/h16-19,22,25H,2-15,20-21H2,1H3. The van der Waals surface area contributed by atoms with Gasteiger partial charge in [0.15, 0.2) is 0 Å². The highest BCUT2D eigenvalue weighted by Crippen LogP contribution is 2.14. The van der Waals surface area contributed by atoms with Crippen molar-refractivity contribution in [2.45, 2.75) is 89.9 Å². The second-order valence-corrected chi connectivity index (χ2v) is 8.59. The molecule has 1 aromatic carbocycles. The summed E-state index contributed by atoms with van der Waals surface area (Å²) < 4.78 is 0. The third-order valence-corrected chi connectivity index (χ3v) is 5.85. The Kier molecular flexibility index (Phi) is 16.4. The molecule has 0 atom stereocenters. The fourth-order valence-corrected chi connectivity index (χ4v) is 3.90. The first-order valence-electron chi connectivity index (χ1n) is 11.1. The van der Waals surface area contributed by atoms with Gasteiger partial charge in [0.1, 0.15) is 6.29 Å². The van der Waals surface area contributed by atoms with E-state index >= 15 is 0 Å². The quantitative estimate of drug-likeness (QED) is 0.193. The van der Waals surface area contributed by atoms with Crippen LogP contribution in [-0.2, 0) is 0 Å². The predicted octanol–water partition coefficient (Wildman–Crippen LogP) is 7.74. The molecule has 2 nitrogen and oxygen atoms in total. The Morgan fingerprint density at radius 3 is 1.59 bits per heavy atom. The third-order valence-electron chi connectivity index (χ3n) is 5.15. The Morgan fingerprint density at radius 2 is 1.15 bits per heavy atom. The van der Waals surface area contributed by atoms with Crippen molar-refractivity contribution in [2.75, 3.05) is 23.9 Å². The lowest BCUT2D eigenvalue weighted by Crippen LogP contribution is -2.01. The van der Waals surface area contributed by atoms with E-state index in [9.17, 15) is 4.79 Å². The van der Waals surface area contributed by atoms with E-state index in [1.807, 2.05) is 36.0 Å². The predicted molar refractivity (Wildman–Crippen MR) is 123 cm³/mol. The average molecular weight is 392 g/mol. The van der Waals surface area contributed by atoms with E-state index in [0.29, 0.717) is 0 Å². The molecule has 0 radical (unpaired) electrons. The number of carbonyl (C=O) groups excluding carboxylic acids is 1. The Balaban J connectivity index is 1.76. The van der Waals surface area contributed by atoms with Crippen molar-refractivity contribution >= 4 is 23.7 Å². The van der Waals surface area contributed by atoms with Gasteiger partial charge >= 0.3 is 0 Å². The highest BCUT2D eigenvalue weighted by molar-refractivity contribution is 7.98. The molecule has 0 fully saturated rings. The lowest BCUT2D eigenvalue weighted by molar-refractivity contribution is 0.112. The SMILES string of the molecule is CSCCCCCCCCCCCCCCCCNc1ccc(C=O)cc1. The van der Waals surface area contributed by atoms with Crippen molar-refractivity contribution in [2.24, 2.45) is 0 Å². The number of hydrogen-bond donors (Lipinski definition) is 1. The van der Waals surface area contributed by atoms with E-state index in [1.165, 1.54) is 95.6 Å². The summed E-state index contributed by atoms with van der Waals surface area (Å²) in [5, 5.41) is 3.43. The van der Waals surface area contributed by atoms with Gasteiger partial charge in [-0.15, -0.1) is 0 Å². The molecule has 0 aliphatic heterocycles. The molecule has 0 saturated heterocycles. The number of thioether (sulfide) groups is 1. The minimum atomic E-state index is 0.738. The Hall–Kier alpha value is -0.960. The van der Waals surface area contributed by atoms with Crippen LogP contribution in [0.25, 0.3) is 0 Å². The maximum atomic E-state index is 10.6. The van der Waals surface area contributed by atoms with E-state index in [2.05, 4.69) is 11.6 Å².